The summed E-state index contributed by atoms with van der Waals surface area (Å²) in [5, 5.41) is 0.692. The third-order valence-electron chi connectivity index (χ3n) is 0.815. The molecule has 0 aliphatic carbocycles. The molecule has 1 nitrogen and oxygen atoms in total. The molecular formula is C5H6OS. The SMILES string of the molecule is CC1=COC(=S)C1. The molecule has 0 fully saturated rings. The van der Waals surface area contributed by atoms with Gasteiger partial charge in [-0.15, -0.1) is 0 Å². The van der Waals surface area contributed by atoms with Gasteiger partial charge in [0.05, 0.1) is 6.26 Å². The highest BCUT2D eigenvalue weighted by Crippen LogP contribution is 2.10. The third kappa shape index (κ3) is 0.996. The lowest BCUT2D eigenvalue weighted by Gasteiger charge is -1.84. The van der Waals surface area contributed by atoms with Crippen molar-refractivity contribution in [2.75, 3.05) is 0 Å². The molecule has 0 saturated carbocycles. The van der Waals surface area contributed by atoms with Gasteiger partial charge in [0, 0.05) is 6.42 Å². The number of hydrogen-bond acceptors (Lipinski definition) is 2. The van der Waals surface area contributed by atoms with Gasteiger partial charge < -0.3 is 4.74 Å². The van der Waals surface area contributed by atoms with E-state index in [1.807, 2.05) is 6.92 Å². The Hall–Kier alpha value is -0.370. The zero-order valence-corrected chi connectivity index (χ0v) is 4.92. The topological polar surface area (TPSA) is 9.23 Å². The molecule has 0 bridgehead atoms. The summed E-state index contributed by atoms with van der Waals surface area (Å²) in [4.78, 5) is 0. The first-order valence-corrected chi connectivity index (χ1v) is 2.55. The van der Waals surface area contributed by atoms with Crippen molar-refractivity contribution in [1.82, 2.24) is 0 Å². The fraction of sp³-hybridized carbons (Fsp3) is 0.400. The van der Waals surface area contributed by atoms with Crippen LogP contribution in [-0.2, 0) is 4.74 Å². The second kappa shape index (κ2) is 1.62. The van der Waals surface area contributed by atoms with Gasteiger partial charge in [0.25, 0.3) is 0 Å². The quantitative estimate of drug-likeness (QED) is 0.443. The molecule has 1 heterocycles. The Kier molecular flexibility index (Phi) is 1.11. The summed E-state index contributed by atoms with van der Waals surface area (Å²) >= 11 is 4.72. The van der Waals surface area contributed by atoms with Crippen LogP contribution >= 0.6 is 12.2 Å². The molecule has 0 aromatic rings. The fourth-order valence-electron chi connectivity index (χ4n) is 0.477. The van der Waals surface area contributed by atoms with Gasteiger partial charge >= 0.3 is 0 Å². The first-order valence-electron chi connectivity index (χ1n) is 2.14. The smallest absolute Gasteiger partial charge is 0.170 e. The average Bonchev–Trinajstić information content (AvgIpc) is 1.87. The lowest BCUT2D eigenvalue weighted by molar-refractivity contribution is 0.494. The average molecular weight is 114 g/mol. The lowest BCUT2D eigenvalue weighted by Crippen LogP contribution is -1.84. The van der Waals surface area contributed by atoms with Gasteiger partial charge in [-0.1, -0.05) is 0 Å². The standard InChI is InChI=1S/C5H6OS/c1-4-2-5(7)6-3-4/h3H,2H2,1H3. The van der Waals surface area contributed by atoms with Crippen LogP contribution in [-0.4, -0.2) is 5.05 Å². The molecular weight excluding hydrogens is 108 g/mol. The molecule has 0 aromatic carbocycles. The maximum Gasteiger partial charge on any atom is 0.170 e. The highest BCUT2D eigenvalue weighted by Gasteiger charge is 2.04. The van der Waals surface area contributed by atoms with E-state index in [-0.39, 0.29) is 0 Å². The van der Waals surface area contributed by atoms with E-state index in [1.54, 1.807) is 6.26 Å². The molecule has 0 atom stereocenters. The molecule has 7 heavy (non-hydrogen) atoms. The number of rotatable bonds is 0. The van der Waals surface area contributed by atoms with E-state index in [0.29, 0.717) is 5.05 Å². The van der Waals surface area contributed by atoms with Crippen LogP contribution in [0.3, 0.4) is 0 Å². The number of thiocarbonyl (C=S) groups is 1. The van der Waals surface area contributed by atoms with E-state index >= 15 is 0 Å². The Morgan fingerprint density at radius 1 is 1.86 bits per heavy atom. The zero-order chi connectivity index (χ0) is 5.28. The van der Waals surface area contributed by atoms with Crippen molar-refractivity contribution in [3.63, 3.8) is 0 Å². The minimum absolute atomic E-state index is 0.692. The first kappa shape index (κ1) is 4.78. The molecule has 2 heteroatoms. The third-order valence-corrected chi connectivity index (χ3v) is 1.06. The van der Waals surface area contributed by atoms with Crippen molar-refractivity contribution in [3.05, 3.63) is 11.8 Å². The van der Waals surface area contributed by atoms with Crippen LogP contribution in [0.15, 0.2) is 11.8 Å². The predicted octanol–water partition coefficient (Wildman–Crippen LogP) is 1.64. The van der Waals surface area contributed by atoms with Crippen molar-refractivity contribution < 1.29 is 4.74 Å². The largest absolute Gasteiger partial charge is 0.458 e. The van der Waals surface area contributed by atoms with Crippen molar-refractivity contribution in [1.29, 1.82) is 0 Å². The van der Waals surface area contributed by atoms with E-state index in [1.165, 1.54) is 5.57 Å². The lowest BCUT2D eigenvalue weighted by atomic mass is 10.3. The van der Waals surface area contributed by atoms with Crippen molar-refractivity contribution in [2.24, 2.45) is 0 Å². The monoisotopic (exact) mass is 114 g/mol. The Morgan fingerprint density at radius 2 is 2.57 bits per heavy atom. The summed E-state index contributed by atoms with van der Waals surface area (Å²) in [6.07, 6.45) is 2.54. The fourth-order valence-corrected chi connectivity index (χ4v) is 0.753. The maximum absolute atomic E-state index is 4.83. The summed E-state index contributed by atoms with van der Waals surface area (Å²) in [6, 6.07) is 0. The molecule has 1 aliphatic rings. The van der Waals surface area contributed by atoms with Gasteiger partial charge in [-0.05, 0) is 24.7 Å². The Morgan fingerprint density at radius 3 is 2.71 bits per heavy atom. The minimum atomic E-state index is 0.692. The second-order valence-corrected chi connectivity index (χ2v) is 2.09. The number of ether oxygens (including phenoxy) is 1. The first-order chi connectivity index (χ1) is 3.29. The Balaban J connectivity index is 2.58. The molecule has 0 spiro atoms. The second-order valence-electron chi connectivity index (χ2n) is 1.63. The van der Waals surface area contributed by atoms with E-state index in [2.05, 4.69) is 0 Å². The van der Waals surface area contributed by atoms with Crippen molar-refractivity contribution in [2.45, 2.75) is 13.3 Å². The van der Waals surface area contributed by atoms with E-state index < -0.39 is 0 Å². The van der Waals surface area contributed by atoms with Gasteiger partial charge in [0.1, 0.15) is 0 Å². The molecule has 0 radical (unpaired) electrons. The number of hydrogen-bond donors (Lipinski definition) is 0. The molecule has 0 unspecified atom stereocenters. The summed E-state index contributed by atoms with van der Waals surface area (Å²) in [7, 11) is 0. The molecule has 38 valence electrons. The van der Waals surface area contributed by atoms with Gasteiger partial charge in [0.15, 0.2) is 5.05 Å². The van der Waals surface area contributed by atoms with Gasteiger partial charge in [-0.3, -0.25) is 0 Å². The maximum atomic E-state index is 4.83. The van der Waals surface area contributed by atoms with Crippen LogP contribution in [0.25, 0.3) is 0 Å². The van der Waals surface area contributed by atoms with Crippen LogP contribution in [0.4, 0.5) is 0 Å². The van der Waals surface area contributed by atoms with Crippen LogP contribution in [0, 0.1) is 0 Å². The van der Waals surface area contributed by atoms with E-state index in [9.17, 15) is 0 Å². The van der Waals surface area contributed by atoms with Crippen LogP contribution in [0.2, 0.25) is 0 Å². The van der Waals surface area contributed by atoms with Gasteiger partial charge in [-0.2, -0.15) is 0 Å². The minimum Gasteiger partial charge on any atom is -0.458 e. The molecule has 0 saturated heterocycles. The van der Waals surface area contributed by atoms with Gasteiger partial charge in [-0.25, -0.2) is 0 Å². The molecule has 1 rings (SSSR count). The summed E-state index contributed by atoms with van der Waals surface area (Å²) in [5.74, 6) is 0. The molecule has 0 N–H and O–H groups in total. The summed E-state index contributed by atoms with van der Waals surface area (Å²) < 4.78 is 4.83. The predicted molar refractivity (Wildman–Crippen MR) is 32.1 cm³/mol. The molecule has 0 aromatic heterocycles. The van der Waals surface area contributed by atoms with Crippen LogP contribution in [0.5, 0.6) is 0 Å². The van der Waals surface area contributed by atoms with Crippen molar-refractivity contribution in [3.8, 4) is 0 Å². The van der Waals surface area contributed by atoms with Crippen LogP contribution < -0.4 is 0 Å². The zero-order valence-electron chi connectivity index (χ0n) is 4.10. The summed E-state index contributed by atoms with van der Waals surface area (Å²) in [6.45, 7) is 2.00. The Labute approximate surface area is 48.0 Å². The Bertz CT molecular complexity index is 126. The van der Waals surface area contributed by atoms with E-state index in [0.717, 1.165) is 6.42 Å². The highest BCUT2D eigenvalue weighted by molar-refractivity contribution is 7.80. The van der Waals surface area contributed by atoms with E-state index in [4.69, 9.17) is 17.0 Å². The highest BCUT2D eigenvalue weighted by atomic mass is 32.1. The van der Waals surface area contributed by atoms with Gasteiger partial charge in [0.2, 0.25) is 0 Å². The van der Waals surface area contributed by atoms with Crippen molar-refractivity contribution >= 4 is 17.3 Å². The molecule has 1 aliphatic heterocycles. The van der Waals surface area contributed by atoms with Crippen LogP contribution in [0.1, 0.15) is 13.3 Å². The normalized spacial score (nSPS) is 19.0. The molecule has 0 amide bonds. The summed E-state index contributed by atoms with van der Waals surface area (Å²) in [5.41, 5.74) is 1.21.